The van der Waals surface area contributed by atoms with Crippen LogP contribution in [-0.4, -0.2) is 14.8 Å². The molecule has 0 bridgehead atoms. The summed E-state index contributed by atoms with van der Waals surface area (Å²) >= 11 is 0. The molecule has 1 aromatic heterocycles. The lowest BCUT2D eigenvalue weighted by molar-refractivity contribution is 0.509. The number of rotatable bonds is 7. The van der Waals surface area contributed by atoms with Gasteiger partial charge >= 0.3 is 0 Å². The van der Waals surface area contributed by atoms with Crippen LogP contribution in [0, 0.1) is 0 Å². The summed E-state index contributed by atoms with van der Waals surface area (Å²) in [6, 6.07) is 9.12. The Labute approximate surface area is 121 Å². The van der Waals surface area contributed by atoms with Gasteiger partial charge in [0.15, 0.2) is 0 Å². The maximum absolute atomic E-state index is 4.32. The molecule has 0 radical (unpaired) electrons. The topological polar surface area (TPSA) is 42.7 Å². The van der Waals surface area contributed by atoms with E-state index in [9.17, 15) is 0 Å². The molecule has 0 spiro atoms. The summed E-state index contributed by atoms with van der Waals surface area (Å²) in [5.74, 6) is 1.00. The lowest BCUT2D eigenvalue weighted by Gasteiger charge is -2.14. The van der Waals surface area contributed by atoms with Crippen molar-refractivity contribution in [3.05, 3.63) is 47.5 Å². The zero-order valence-corrected chi connectivity index (χ0v) is 12.6. The summed E-state index contributed by atoms with van der Waals surface area (Å²) in [4.78, 5) is 4.32. The van der Waals surface area contributed by atoms with E-state index in [1.807, 2.05) is 4.68 Å². The number of hydrogen-bond acceptors (Lipinski definition) is 3. The van der Waals surface area contributed by atoms with E-state index in [2.05, 4.69) is 60.4 Å². The highest BCUT2D eigenvalue weighted by molar-refractivity contribution is 5.24. The second kappa shape index (κ2) is 7.20. The molecule has 1 unspecified atom stereocenters. The number of aryl methyl sites for hydroxylation is 2. The van der Waals surface area contributed by atoms with Gasteiger partial charge in [-0.15, -0.1) is 0 Å². The summed E-state index contributed by atoms with van der Waals surface area (Å²) in [6.07, 6.45) is 3.79. The third-order valence-corrected chi connectivity index (χ3v) is 3.59. The van der Waals surface area contributed by atoms with Crippen molar-refractivity contribution >= 4 is 0 Å². The van der Waals surface area contributed by atoms with Gasteiger partial charge in [-0.2, -0.15) is 5.10 Å². The molecule has 4 heteroatoms. The van der Waals surface area contributed by atoms with E-state index in [-0.39, 0.29) is 0 Å². The molecule has 0 amide bonds. The maximum Gasteiger partial charge on any atom is 0.140 e. The minimum atomic E-state index is 0.313. The third kappa shape index (κ3) is 3.67. The van der Waals surface area contributed by atoms with Crippen LogP contribution in [0.15, 0.2) is 30.6 Å². The highest BCUT2D eigenvalue weighted by Gasteiger charge is 2.08. The summed E-state index contributed by atoms with van der Waals surface area (Å²) < 4.78 is 1.97. The van der Waals surface area contributed by atoms with E-state index >= 15 is 0 Å². The normalized spacial score (nSPS) is 12.6. The maximum atomic E-state index is 4.32. The second-order valence-electron chi connectivity index (χ2n) is 5.10. The highest BCUT2D eigenvalue weighted by Crippen LogP contribution is 2.14. The first-order chi connectivity index (χ1) is 9.74. The Hall–Kier alpha value is -1.68. The second-order valence-corrected chi connectivity index (χ2v) is 5.10. The van der Waals surface area contributed by atoms with Gasteiger partial charge in [-0.25, -0.2) is 9.67 Å². The van der Waals surface area contributed by atoms with Crippen LogP contribution in [0.5, 0.6) is 0 Å². The van der Waals surface area contributed by atoms with Crippen molar-refractivity contribution in [1.82, 2.24) is 20.1 Å². The van der Waals surface area contributed by atoms with E-state index in [1.54, 1.807) is 6.33 Å². The fraction of sp³-hybridized carbons (Fsp3) is 0.500. The van der Waals surface area contributed by atoms with Crippen LogP contribution < -0.4 is 5.32 Å². The molecule has 4 nitrogen and oxygen atoms in total. The van der Waals surface area contributed by atoms with Crippen LogP contribution in [0.3, 0.4) is 0 Å². The smallest absolute Gasteiger partial charge is 0.140 e. The Kier molecular flexibility index (Phi) is 5.30. The average Bonchev–Trinajstić information content (AvgIpc) is 2.92. The van der Waals surface area contributed by atoms with Gasteiger partial charge in [0, 0.05) is 12.6 Å². The van der Waals surface area contributed by atoms with Gasteiger partial charge in [0.1, 0.15) is 12.2 Å². The molecule has 2 aromatic rings. The fourth-order valence-corrected chi connectivity index (χ4v) is 2.23. The molecule has 1 aromatic carbocycles. The van der Waals surface area contributed by atoms with Crippen LogP contribution >= 0.6 is 0 Å². The lowest BCUT2D eigenvalue weighted by Crippen LogP contribution is -2.21. The Bertz CT molecular complexity index is 516. The number of aromatic nitrogens is 3. The molecule has 0 saturated carbocycles. The molecule has 20 heavy (non-hydrogen) atoms. The number of benzene rings is 1. The first-order valence-electron chi connectivity index (χ1n) is 7.43. The highest BCUT2D eigenvalue weighted by atomic mass is 15.3. The van der Waals surface area contributed by atoms with E-state index < -0.39 is 0 Å². The largest absolute Gasteiger partial charge is 0.303 e. The molecule has 0 saturated heterocycles. The van der Waals surface area contributed by atoms with Gasteiger partial charge in [-0.1, -0.05) is 38.1 Å². The van der Waals surface area contributed by atoms with E-state index in [0.29, 0.717) is 6.04 Å². The van der Waals surface area contributed by atoms with Crippen molar-refractivity contribution in [2.24, 2.45) is 0 Å². The number of nitrogens with one attached hydrogen (secondary N) is 1. The first-order valence-corrected chi connectivity index (χ1v) is 7.43. The monoisotopic (exact) mass is 272 g/mol. The summed E-state index contributed by atoms with van der Waals surface area (Å²) in [5, 5.41) is 7.76. The molecule has 0 fully saturated rings. The molecule has 0 aliphatic heterocycles. The quantitative estimate of drug-likeness (QED) is 0.842. The Balaban J connectivity index is 1.93. The molecular formula is C16H24N4. The Morgan fingerprint density at radius 2 is 1.95 bits per heavy atom. The van der Waals surface area contributed by atoms with Crippen molar-refractivity contribution in [1.29, 1.82) is 0 Å². The predicted molar refractivity (Wildman–Crippen MR) is 81.4 cm³/mol. The van der Waals surface area contributed by atoms with Gasteiger partial charge in [0.25, 0.3) is 0 Å². The standard InChI is InChI=1S/C16H24N4/c1-4-10-20-16(18-12-19-20)11-17-13(3)15-8-6-14(5-2)7-9-15/h6-9,12-13,17H,4-5,10-11H2,1-3H3. The molecular weight excluding hydrogens is 248 g/mol. The van der Waals surface area contributed by atoms with Crippen molar-refractivity contribution < 1.29 is 0 Å². The zero-order valence-electron chi connectivity index (χ0n) is 12.6. The average molecular weight is 272 g/mol. The lowest BCUT2D eigenvalue weighted by atomic mass is 10.1. The van der Waals surface area contributed by atoms with Gasteiger partial charge in [-0.3, -0.25) is 0 Å². The van der Waals surface area contributed by atoms with Gasteiger partial charge in [0.2, 0.25) is 0 Å². The van der Waals surface area contributed by atoms with E-state index in [1.165, 1.54) is 11.1 Å². The molecule has 1 atom stereocenters. The summed E-state index contributed by atoms with van der Waals surface area (Å²) in [5.41, 5.74) is 2.69. The van der Waals surface area contributed by atoms with Crippen LogP contribution in [-0.2, 0) is 19.5 Å². The van der Waals surface area contributed by atoms with Gasteiger partial charge in [0.05, 0.1) is 6.54 Å². The van der Waals surface area contributed by atoms with Crippen LogP contribution in [0.25, 0.3) is 0 Å². The van der Waals surface area contributed by atoms with Crippen LogP contribution in [0.2, 0.25) is 0 Å². The first kappa shape index (κ1) is 14.7. The molecule has 1 heterocycles. The van der Waals surface area contributed by atoms with Crippen molar-refractivity contribution in [2.45, 2.75) is 52.7 Å². The molecule has 2 rings (SSSR count). The minimum Gasteiger partial charge on any atom is -0.303 e. The predicted octanol–water partition coefficient (Wildman–Crippen LogP) is 3.10. The summed E-state index contributed by atoms with van der Waals surface area (Å²) in [6.45, 7) is 8.18. The van der Waals surface area contributed by atoms with Crippen LogP contribution in [0.1, 0.15) is 50.2 Å². The van der Waals surface area contributed by atoms with E-state index in [0.717, 1.165) is 31.8 Å². The Morgan fingerprint density at radius 3 is 2.60 bits per heavy atom. The zero-order chi connectivity index (χ0) is 14.4. The fourth-order valence-electron chi connectivity index (χ4n) is 2.23. The van der Waals surface area contributed by atoms with E-state index in [4.69, 9.17) is 0 Å². The number of nitrogens with zero attached hydrogens (tertiary/aromatic N) is 3. The van der Waals surface area contributed by atoms with Crippen LogP contribution in [0.4, 0.5) is 0 Å². The van der Waals surface area contributed by atoms with Gasteiger partial charge < -0.3 is 5.32 Å². The minimum absolute atomic E-state index is 0.313. The summed E-state index contributed by atoms with van der Waals surface area (Å²) in [7, 11) is 0. The molecule has 0 aliphatic rings. The number of hydrogen-bond donors (Lipinski definition) is 1. The SMILES string of the molecule is CCCn1ncnc1CNC(C)c1ccc(CC)cc1. The van der Waals surface area contributed by atoms with Crippen molar-refractivity contribution in [2.75, 3.05) is 0 Å². The molecule has 1 N–H and O–H groups in total. The third-order valence-electron chi connectivity index (χ3n) is 3.59. The Morgan fingerprint density at radius 1 is 1.20 bits per heavy atom. The van der Waals surface area contributed by atoms with Crippen molar-refractivity contribution in [3.8, 4) is 0 Å². The van der Waals surface area contributed by atoms with Gasteiger partial charge in [-0.05, 0) is 30.9 Å². The molecule has 0 aliphatic carbocycles. The molecule has 108 valence electrons. The van der Waals surface area contributed by atoms with Crippen molar-refractivity contribution in [3.63, 3.8) is 0 Å².